The highest BCUT2D eigenvalue weighted by atomic mass is 16.4. The van der Waals surface area contributed by atoms with Gasteiger partial charge in [-0.25, -0.2) is 4.79 Å². The first-order valence-electron chi connectivity index (χ1n) is 7.08. The molecular formula is C15H20N2O3. The zero-order chi connectivity index (χ0) is 14.5. The molecule has 1 aromatic heterocycles. The lowest BCUT2D eigenvalue weighted by Gasteiger charge is -2.58. The Morgan fingerprint density at radius 3 is 2.35 bits per heavy atom. The van der Waals surface area contributed by atoms with Gasteiger partial charge in [-0.05, 0) is 56.6 Å². The van der Waals surface area contributed by atoms with Crippen LogP contribution in [0, 0.1) is 19.3 Å². The number of carboxylic acid groups (broad SMARTS) is 1. The number of carbonyl (C=O) groups excluding carboxylic acids is 1. The van der Waals surface area contributed by atoms with Gasteiger partial charge in [0.15, 0.2) is 0 Å². The van der Waals surface area contributed by atoms with Crippen LogP contribution in [-0.4, -0.2) is 27.5 Å². The van der Waals surface area contributed by atoms with Gasteiger partial charge in [0.2, 0.25) is 0 Å². The second-order valence-electron chi connectivity index (χ2n) is 6.54. The van der Waals surface area contributed by atoms with E-state index in [1.165, 1.54) is 6.42 Å². The van der Waals surface area contributed by atoms with Gasteiger partial charge < -0.3 is 15.4 Å². The lowest BCUT2D eigenvalue weighted by Crippen LogP contribution is -2.68. The third-order valence-electron chi connectivity index (χ3n) is 5.05. The predicted octanol–water partition coefficient (Wildman–Crippen LogP) is 2.15. The van der Waals surface area contributed by atoms with Gasteiger partial charge in [0.1, 0.15) is 11.2 Å². The molecule has 2 aliphatic carbocycles. The van der Waals surface area contributed by atoms with Gasteiger partial charge in [-0.3, -0.25) is 4.79 Å². The number of hydrogen-bond donors (Lipinski definition) is 3. The highest BCUT2D eigenvalue weighted by Crippen LogP contribution is 2.60. The summed E-state index contributed by atoms with van der Waals surface area (Å²) in [6.45, 7) is 3.81. The summed E-state index contributed by atoms with van der Waals surface area (Å²) < 4.78 is 0. The van der Waals surface area contributed by atoms with Crippen molar-refractivity contribution < 1.29 is 14.7 Å². The molecule has 0 radical (unpaired) electrons. The number of H-pyrrole nitrogens is 1. The molecule has 1 heterocycles. The number of amides is 1. The van der Waals surface area contributed by atoms with Crippen LogP contribution in [0.2, 0.25) is 0 Å². The van der Waals surface area contributed by atoms with Crippen LogP contribution in [0.3, 0.4) is 0 Å². The second kappa shape index (κ2) is 4.11. The van der Waals surface area contributed by atoms with E-state index in [2.05, 4.69) is 10.3 Å². The maximum absolute atomic E-state index is 12.2. The normalized spacial score (nSPS) is 21.9. The minimum atomic E-state index is -1.07. The van der Waals surface area contributed by atoms with E-state index in [0.717, 1.165) is 24.1 Å². The first-order valence-corrected chi connectivity index (χ1v) is 7.08. The third-order valence-corrected chi connectivity index (χ3v) is 5.05. The lowest BCUT2D eigenvalue weighted by molar-refractivity contribution is -0.161. The van der Waals surface area contributed by atoms with Crippen LogP contribution in [0.4, 0.5) is 0 Å². The number of hydrogen-bond acceptors (Lipinski definition) is 2. The molecule has 1 spiro atoms. The first-order chi connectivity index (χ1) is 9.36. The van der Waals surface area contributed by atoms with Crippen LogP contribution in [0.1, 0.15) is 53.8 Å². The van der Waals surface area contributed by atoms with E-state index in [-0.39, 0.29) is 11.3 Å². The molecule has 0 atom stereocenters. The number of aryl methyl sites for hydroxylation is 2. The van der Waals surface area contributed by atoms with Crippen LogP contribution in [0.25, 0.3) is 0 Å². The largest absolute Gasteiger partial charge is 0.480 e. The summed E-state index contributed by atoms with van der Waals surface area (Å²) in [6, 6.07) is 1.76. The van der Waals surface area contributed by atoms with Crippen molar-refractivity contribution in [2.75, 3.05) is 0 Å². The van der Waals surface area contributed by atoms with E-state index >= 15 is 0 Å². The van der Waals surface area contributed by atoms with E-state index in [1.807, 2.05) is 13.8 Å². The summed E-state index contributed by atoms with van der Waals surface area (Å²) in [4.78, 5) is 26.8. The SMILES string of the molecule is Cc1cc(C(=O)NC2(C(=O)O)CC3(CCC3)C2)[nH]c1C. The molecule has 1 aromatic rings. The molecule has 3 N–H and O–H groups in total. The smallest absolute Gasteiger partial charge is 0.329 e. The Kier molecular flexibility index (Phi) is 2.71. The Hall–Kier alpha value is -1.78. The Labute approximate surface area is 117 Å². The zero-order valence-corrected chi connectivity index (χ0v) is 11.9. The molecule has 2 fully saturated rings. The van der Waals surface area contributed by atoms with Crippen molar-refractivity contribution in [2.24, 2.45) is 5.41 Å². The molecule has 3 rings (SSSR count). The molecule has 0 saturated heterocycles. The third kappa shape index (κ3) is 1.84. The molecule has 2 aliphatic rings. The van der Waals surface area contributed by atoms with E-state index in [0.29, 0.717) is 18.5 Å². The molecule has 0 aliphatic heterocycles. The van der Waals surface area contributed by atoms with Crippen molar-refractivity contribution in [1.82, 2.24) is 10.3 Å². The van der Waals surface area contributed by atoms with Gasteiger partial charge >= 0.3 is 5.97 Å². The Morgan fingerprint density at radius 1 is 1.30 bits per heavy atom. The van der Waals surface area contributed by atoms with Crippen molar-refractivity contribution >= 4 is 11.9 Å². The summed E-state index contributed by atoms with van der Waals surface area (Å²) in [7, 11) is 0. The number of aliphatic carboxylic acids is 1. The first kappa shape index (κ1) is 13.2. The number of carboxylic acids is 1. The van der Waals surface area contributed by atoms with Crippen LogP contribution in [0.15, 0.2) is 6.07 Å². The minimum Gasteiger partial charge on any atom is -0.480 e. The lowest BCUT2D eigenvalue weighted by atomic mass is 9.48. The van der Waals surface area contributed by atoms with Gasteiger partial charge in [0.05, 0.1) is 0 Å². The van der Waals surface area contributed by atoms with E-state index in [9.17, 15) is 14.7 Å². The summed E-state index contributed by atoms with van der Waals surface area (Å²) in [6.07, 6.45) is 4.51. The molecule has 0 unspecified atom stereocenters. The van der Waals surface area contributed by atoms with E-state index in [4.69, 9.17) is 0 Å². The average molecular weight is 276 g/mol. The van der Waals surface area contributed by atoms with Gasteiger partial charge in [-0.1, -0.05) is 6.42 Å². The van der Waals surface area contributed by atoms with Crippen LogP contribution < -0.4 is 5.32 Å². The second-order valence-corrected chi connectivity index (χ2v) is 6.54. The van der Waals surface area contributed by atoms with Gasteiger partial charge in [-0.2, -0.15) is 0 Å². The van der Waals surface area contributed by atoms with E-state index in [1.54, 1.807) is 6.07 Å². The van der Waals surface area contributed by atoms with Crippen LogP contribution in [-0.2, 0) is 4.79 Å². The number of rotatable bonds is 3. The van der Waals surface area contributed by atoms with Crippen molar-refractivity contribution in [3.63, 3.8) is 0 Å². The molecule has 1 amide bonds. The molecule has 5 nitrogen and oxygen atoms in total. The number of aromatic nitrogens is 1. The van der Waals surface area contributed by atoms with Crippen molar-refractivity contribution in [3.05, 3.63) is 23.0 Å². The summed E-state index contributed by atoms with van der Waals surface area (Å²) in [5.41, 5.74) is 1.50. The summed E-state index contributed by atoms with van der Waals surface area (Å²) in [5.74, 6) is -1.24. The molecule has 2 saturated carbocycles. The van der Waals surface area contributed by atoms with Crippen molar-refractivity contribution in [1.29, 1.82) is 0 Å². The maximum atomic E-state index is 12.2. The molecule has 0 aromatic carbocycles. The fraction of sp³-hybridized carbons (Fsp3) is 0.600. The summed E-state index contributed by atoms with van der Waals surface area (Å²) in [5, 5.41) is 12.2. The van der Waals surface area contributed by atoms with Crippen molar-refractivity contribution in [2.45, 2.75) is 51.5 Å². The number of nitrogens with one attached hydrogen (secondary N) is 2. The van der Waals surface area contributed by atoms with E-state index < -0.39 is 11.5 Å². The highest BCUT2D eigenvalue weighted by molar-refractivity contribution is 5.97. The molecular weight excluding hydrogens is 256 g/mol. The summed E-state index contributed by atoms with van der Waals surface area (Å²) >= 11 is 0. The standard InChI is InChI=1S/C15H20N2O3/c1-9-6-11(16-10(9)2)12(18)17-15(13(19)20)7-14(8-15)4-3-5-14/h6,16H,3-5,7-8H2,1-2H3,(H,17,18)(H,19,20). The fourth-order valence-electron chi connectivity index (χ4n) is 3.62. The monoisotopic (exact) mass is 276 g/mol. The Bertz CT molecular complexity index is 556. The Balaban J connectivity index is 1.74. The number of carbonyl (C=O) groups is 2. The zero-order valence-electron chi connectivity index (χ0n) is 11.9. The quantitative estimate of drug-likeness (QED) is 0.791. The fourth-order valence-corrected chi connectivity index (χ4v) is 3.62. The molecule has 5 heteroatoms. The predicted molar refractivity (Wildman–Crippen MR) is 73.6 cm³/mol. The van der Waals surface area contributed by atoms with Gasteiger partial charge in [0.25, 0.3) is 5.91 Å². The Morgan fingerprint density at radius 2 is 1.95 bits per heavy atom. The van der Waals surface area contributed by atoms with Gasteiger partial charge in [-0.15, -0.1) is 0 Å². The topological polar surface area (TPSA) is 82.2 Å². The van der Waals surface area contributed by atoms with Crippen molar-refractivity contribution in [3.8, 4) is 0 Å². The minimum absolute atomic E-state index is 0.188. The number of aromatic amines is 1. The molecule has 0 bridgehead atoms. The van der Waals surface area contributed by atoms with Gasteiger partial charge in [0, 0.05) is 5.69 Å². The highest BCUT2D eigenvalue weighted by Gasteiger charge is 2.61. The average Bonchev–Trinajstić information content (AvgIpc) is 2.60. The maximum Gasteiger partial charge on any atom is 0.329 e. The van der Waals surface area contributed by atoms with Crippen LogP contribution in [0.5, 0.6) is 0 Å². The van der Waals surface area contributed by atoms with Crippen LogP contribution >= 0.6 is 0 Å². The molecule has 108 valence electrons. The molecule has 20 heavy (non-hydrogen) atoms.